The fourth-order valence-corrected chi connectivity index (χ4v) is 3.34. The highest BCUT2D eigenvalue weighted by Gasteiger charge is 2.23. The summed E-state index contributed by atoms with van der Waals surface area (Å²) in [6.45, 7) is 6.60. The van der Waals surface area contributed by atoms with Crippen molar-refractivity contribution in [2.45, 2.75) is 33.2 Å². The second-order valence-electron chi connectivity index (χ2n) is 6.43. The molecule has 1 aliphatic heterocycles. The van der Waals surface area contributed by atoms with E-state index in [1.54, 1.807) is 12.3 Å². The van der Waals surface area contributed by atoms with E-state index in [2.05, 4.69) is 16.7 Å². The molecule has 0 amide bonds. The molecule has 1 saturated heterocycles. The molecule has 0 spiro atoms. The largest absolute Gasteiger partial charge is 0.369 e. The van der Waals surface area contributed by atoms with Crippen LogP contribution >= 0.6 is 0 Å². The average molecular weight is 334 g/mol. The predicted molar refractivity (Wildman–Crippen MR) is 92.1 cm³/mol. The van der Waals surface area contributed by atoms with Crippen LogP contribution in [0.1, 0.15) is 26.7 Å². The Morgan fingerprint density at radius 1 is 1.38 bits per heavy atom. The summed E-state index contributed by atoms with van der Waals surface area (Å²) in [4.78, 5) is 24.1. The number of aromatic nitrogens is 1. The summed E-state index contributed by atoms with van der Waals surface area (Å²) in [6, 6.07) is 3.11. The van der Waals surface area contributed by atoms with Gasteiger partial charge in [-0.3, -0.25) is 4.79 Å². The lowest BCUT2D eigenvalue weighted by Gasteiger charge is -2.21. The van der Waals surface area contributed by atoms with Gasteiger partial charge in [0.2, 0.25) is 11.2 Å². The number of pyridine rings is 1. The molecule has 3 rings (SSSR count). The summed E-state index contributed by atoms with van der Waals surface area (Å²) in [5, 5.41) is 0.312. The Hall–Kier alpha value is -2.08. The van der Waals surface area contributed by atoms with Crippen LogP contribution in [0.5, 0.6) is 5.75 Å². The predicted octanol–water partition coefficient (Wildman–Crippen LogP) is 3.34. The standard InChI is InChI=1S/C18H23FN2O3/c1-4-6-20-11-17(24-23-3)18(22)13-8-14(19)16(9-15(13)20)21-7-5-12(2)10-21/h8-9,11-12H,4-7,10H2,1-3H3. The van der Waals surface area contributed by atoms with E-state index in [4.69, 9.17) is 4.89 Å². The van der Waals surface area contributed by atoms with Gasteiger partial charge in [0.25, 0.3) is 0 Å². The number of aryl methyl sites for hydroxylation is 1. The molecular weight excluding hydrogens is 311 g/mol. The van der Waals surface area contributed by atoms with Crippen LogP contribution < -0.4 is 15.2 Å². The van der Waals surface area contributed by atoms with E-state index in [1.807, 2.05) is 11.5 Å². The van der Waals surface area contributed by atoms with Crippen LogP contribution in [-0.2, 0) is 11.4 Å². The Morgan fingerprint density at radius 2 is 2.17 bits per heavy atom. The first-order valence-corrected chi connectivity index (χ1v) is 8.37. The third kappa shape index (κ3) is 2.98. The van der Waals surface area contributed by atoms with Gasteiger partial charge in [-0.1, -0.05) is 13.8 Å². The first-order chi connectivity index (χ1) is 11.5. The fourth-order valence-electron chi connectivity index (χ4n) is 3.34. The van der Waals surface area contributed by atoms with Gasteiger partial charge in [0.1, 0.15) is 5.82 Å². The third-order valence-electron chi connectivity index (χ3n) is 4.52. The normalized spacial score (nSPS) is 17.7. The van der Waals surface area contributed by atoms with Crippen LogP contribution in [0.15, 0.2) is 23.1 Å². The summed E-state index contributed by atoms with van der Waals surface area (Å²) < 4.78 is 16.6. The summed E-state index contributed by atoms with van der Waals surface area (Å²) in [5.74, 6) is 0.252. The van der Waals surface area contributed by atoms with Gasteiger partial charge in [0.15, 0.2) is 0 Å². The molecule has 1 fully saturated rings. The molecular formula is C18H23FN2O3. The van der Waals surface area contributed by atoms with Crippen molar-refractivity contribution in [3.63, 3.8) is 0 Å². The smallest absolute Gasteiger partial charge is 0.235 e. The molecule has 2 aromatic rings. The van der Waals surface area contributed by atoms with E-state index in [1.165, 1.54) is 13.2 Å². The molecule has 2 heterocycles. The molecule has 1 aromatic carbocycles. The van der Waals surface area contributed by atoms with Crippen molar-refractivity contribution < 1.29 is 14.2 Å². The first kappa shape index (κ1) is 16.8. The van der Waals surface area contributed by atoms with Crippen molar-refractivity contribution in [2.75, 3.05) is 25.1 Å². The van der Waals surface area contributed by atoms with Gasteiger partial charge in [-0.25, -0.2) is 4.39 Å². The minimum absolute atomic E-state index is 0.0698. The maximum absolute atomic E-state index is 14.7. The van der Waals surface area contributed by atoms with Gasteiger partial charge in [0.05, 0.1) is 29.9 Å². The molecule has 5 nitrogen and oxygen atoms in total. The van der Waals surface area contributed by atoms with E-state index in [-0.39, 0.29) is 17.0 Å². The monoisotopic (exact) mass is 334 g/mol. The quantitative estimate of drug-likeness (QED) is 0.621. The molecule has 0 radical (unpaired) electrons. The van der Waals surface area contributed by atoms with Gasteiger partial charge in [0, 0.05) is 19.6 Å². The highest BCUT2D eigenvalue weighted by Crippen LogP contribution is 2.30. The molecule has 0 aliphatic carbocycles. The molecule has 6 heteroatoms. The molecule has 1 atom stereocenters. The number of hydrogen-bond acceptors (Lipinski definition) is 4. The minimum atomic E-state index is -0.369. The van der Waals surface area contributed by atoms with Crippen LogP contribution in [0.3, 0.4) is 0 Å². The summed E-state index contributed by atoms with van der Waals surface area (Å²) in [7, 11) is 1.34. The summed E-state index contributed by atoms with van der Waals surface area (Å²) in [5.41, 5.74) is 0.928. The van der Waals surface area contributed by atoms with Crippen molar-refractivity contribution in [3.05, 3.63) is 34.4 Å². The van der Waals surface area contributed by atoms with Crippen molar-refractivity contribution >= 4 is 16.6 Å². The molecule has 1 aromatic heterocycles. The summed E-state index contributed by atoms with van der Waals surface area (Å²) >= 11 is 0. The Balaban J connectivity index is 2.18. The molecule has 130 valence electrons. The number of hydrogen-bond donors (Lipinski definition) is 0. The molecule has 1 unspecified atom stereocenters. The zero-order valence-corrected chi connectivity index (χ0v) is 14.3. The topological polar surface area (TPSA) is 43.7 Å². The number of fused-ring (bicyclic) bond motifs is 1. The van der Waals surface area contributed by atoms with Crippen LogP contribution in [-0.4, -0.2) is 24.8 Å². The lowest BCUT2D eigenvalue weighted by Crippen LogP contribution is -2.21. The molecule has 0 N–H and O–H groups in total. The molecule has 1 aliphatic rings. The highest BCUT2D eigenvalue weighted by atomic mass is 19.1. The second kappa shape index (κ2) is 6.81. The van der Waals surface area contributed by atoms with Crippen molar-refractivity contribution in [2.24, 2.45) is 5.92 Å². The Kier molecular flexibility index (Phi) is 4.76. The Morgan fingerprint density at radius 3 is 2.79 bits per heavy atom. The van der Waals surface area contributed by atoms with Crippen LogP contribution in [0.2, 0.25) is 0 Å². The SMILES string of the molecule is CCCn1cc(OOC)c(=O)c2cc(F)c(N3CCC(C)C3)cc21. The van der Waals surface area contributed by atoms with E-state index in [0.717, 1.165) is 31.4 Å². The van der Waals surface area contributed by atoms with E-state index in [0.29, 0.717) is 23.5 Å². The van der Waals surface area contributed by atoms with Crippen molar-refractivity contribution in [3.8, 4) is 5.75 Å². The number of nitrogens with zero attached hydrogens (tertiary/aromatic N) is 2. The van der Waals surface area contributed by atoms with Crippen LogP contribution in [0.25, 0.3) is 10.9 Å². The fraction of sp³-hybridized carbons (Fsp3) is 0.500. The number of benzene rings is 1. The zero-order valence-electron chi connectivity index (χ0n) is 14.3. The third-order valence-corrected chi connectivity index (χ3v) is 4.52. The average Bonchev–Trinajstić information content (AvgIpc) is 2.98. The van der Waals surface area contributed by atoms with Crippen molar-refractivity contribution in [1.82, 2.24) is 4.57 Å². The van der Waals surface area contributed by atoms with E-state index in [9.17, 15) is 9.18 Å². The number of anilines is 1. The van der Waals surface area contributed by atoms with Gasteiger partial charge < -0.3 is 14.4 Å². The first-order valence-electron chi connectivity index (χ1n) is 8.37. The van der Waals surface area contributed by atoms with Gasteiger partial charge in [-0.05, 0) is 30.9 Å². The highest BCUT2D eigenvalue weighted by molar-refractivity contribution is 5.84. The van der Waals surface area contributed by atoms with E-state index < -0.39 is 0 Å². The van der Waals surface area contributed by atoms with Crippen molar-refractivity contribution in [1.29, 1.82) is 0 Å². The van der Waals surface area contributed by atoms with Crippen LogP contribution in [0, 0.1) is 11.7 Å². The van der Waals surface area contributed by atoms with Gasteiger partial charge in [-0.15, -0.1) is 0 Å². The van der Waals surface area contributed by atoms with Gasteiger partial charge in [-0.2, -0.15) is 4.89 Å². The lowest BCUT2D eigenvalue weighted by atomic mass is 10.1. The lowest BCUT2D eigenvalue weighted by molar-refractivity contribution is -0.179. The zero-order chi connectivity index (χ0) is 17.3. The molecule has 0 saturated carbocycles. The summed E-state index contributed by atoms with van der Waals surface area (Å²) in [6.07, 6.45) is 3.57. The van der Waals surface area contributed by atoms with Gasteiger partial charge >= 0.3 is 0 Å². The second-order valence-corrected chi connectivity index (χ2v) is 6.43. The van der Waals surface area contributed by atoms with Crippen LogP contribution in [0.4, 0.5) is 10.1 Å². The minimum Gasteiger partial charge on any atom is -0.369 e. The molecule has 0 bridgehead atoms. The Bertz CT molecular complexity index is 803. The molecule has 24 heavy (non-hydrogen) atoms. The maximum Gasteiger partial charge on any atom is 0.235 e. The maximum atomic E-state index is 14.7. The number of halogens is 1. The van der Waals surface area contributed by atoms with E-state index >= 15 is 0 Å². The number of rotatable bonds is 5. The Labute approximate surface area is 140 Å².